The summed E-state index contributed by atoms with van der Waals surface area (Å²) < 4.78 is 25.9. The standard InChI is InChI=1S/C12H23NO4S/c1-9(2)6-11(12(14)15)7-13-18(16,17)8-10-4-3-5-10/h9-11,13H,3-8H2,1-2H3,(H,14,15). The molecular weight excluding hydrogens is 254 g/mol. The molecule has 2 N–H and O–H groups in total. The van der Waals surface area contributed by atoms with Crippen molar-refractivity contribution in [2.45, 2.75) is 39.5 Å². The van der Waals surface area contributed by atoms with Gasteiger partial charge in [-0.3, -0.25) is 4.79 Å². The molecule has 5 nitrogen and oxygen atoms in total. The molecule has 18 heavy (non-hydrogen) atoms. The fourth-order valence-electron chi connectivity index (χ4n) is 2.10. The van der Waals surface area contributed by atoms with E-state index in [-0.39, 0.29) is 24.1 Å². The third-order valence-corrected chi connectivity index (χ3v) is 4.85. The van der Waals surface area contributed by atoms with E-state index in [9.17, 15) is 13.2 Å². The fraction of sp³-hybridized carbons (Fsp3) is 0.917. The van der Waals surface area contributed by atoms with E-state index in [2.05, 4.69) is 4.72 Å². The number of aliphatic carboxylic acids is 1. The van der Waals surface area contributed by atoms with E-state index in [1.807, 2.05) is 13.8 Å². The number of sulfonamides is 1. The molecule has 1 fully saturated rings. The Morgan fingerprint density at radius 1 is 1.39 bits per heavy atom. The summed E-state index contributed by atoms with van der Waals surface area (Å²) >= 11 is 0. The van der Waals surface area contributed by atoms with Gasteiger partial charge in [-0.15, -0.1) is 0 Å². The van der Waals surface area contributed by atoms with Crippen molar-refractivity contribution in [3.63, 3.8) is 0 Å². The molecule has 0 spiro atoms. The molecule has 0 radical (unpaired) electrons. The van der Waals surface area contributed by atoms with Gasteiger partial charge in [0.05, 0.1) is 11.7 Å². The Hall–Kier alpha value is -0.620. The third-order valence-electron chi connectivity index (χ3n) is 3.33. The van der Waals surface area contributed by atoms with Crippen LogP contribution in [-0.4, -0.2) is 31.8 Å². The van der Waals surface area contributed by atoms with Crippen LogP contribution in [0, 0.1) is 17.8 Å². The van der Waals surface area contributed by atoms with Crippen molar-refractivity contribution in [1.29, 1.82) is 0 Å². The molecule has 0 aromatic carbocycles. The van der Waals surface area contributed by atoms with Gasteiger partial charge in [0.25, 0.3) is 0 Å². The van der Waals surface area contributed by atoms with Crippen molar-refractivity contribution in [2.24, 2.45) is 17.8 Å². The van der Waals surface area contributed by atoms with Crippen LogP contribution in [0.25, 0.3) is 0 Å². The van der Waals surface area contributed by atoms with Gasteiger partial charge in [0, 0.05) is 6.54 Å². The topological polar surface area (TPSA) is 83.5 Å². The normalized spacial score (nSPS) is 18.6. The molecule has 0 aliphatic heterocycles. The van der Waals surface area contributed by atoms with E-state index in [1.165, 1.54) is 0 Å². The quantitative estimate of drug-likeness (QED) is 0.703. The van der Waals surface area contributed by atoms with Crippen molar-refractivity contribution in [3.8, 4) is 0 Å². The predicted octanol–water partition coefficient (Wildman–Crippen LogP) is 1.45. The van der Waals surface area contributed by atoms with Crippen LogP contribution in [0.15, 0.2) is 0 Å². The van der Waals surface area contributed by atoms with Crippen molar-refractivity contribution < 1.29 is 18.3 Å². The number of carboxylic acids is 1. The van der Waals surface area contributed by atoms with E-state index < -0.39 is 21.9 Å². The molecular formula is C12H23NO4S. The molecule has 106 valence electrons. The zero-order valence-electron chi connectivity index (χ0n) is 11.1. The van der Waals surface area contributed by atoms with Gasteiger partial charge in [0.2, 0.25) is 10.0 Å². The summed E-state index contributed by atoms with van der Waals surface area (Å²) in [6.07, 6.45) is 3.52. The van der Waals surface area contributed by atoms with Crippen LogP contribution in [0.5, 0.6) is 0 Å². The monoisotopic (exact) mass is 277 g/mol. The van der Waals surface area contributed by atoms with Crippen molar-refractivity contribution in [1.82, 2.24) is 4.72 Å². The Morgan fingerprint density at radius 2 is 2.00 bits per heavy atom. The number of carboxylic acid groups (broad SMARTS) is 1. The third kappa shape index (κ3) is 5.35. The van der Waals surface area contributed by atoms with E-state index >= 15 is 0 Å². The first-order chi connectivity index (χ1) is 8.30. The van der Waals surface area contributed by atoms with Crippen LogP contribution in [0.3, 0.4) is 0 Å². The first-order valence-corrected chi connectivity index (χ1v) is 8.15. The second-order valence-electron chi connectivity index (χ2n) is 5.59. The van der Waals surface area contributed by atoms with Gasteiger partial charge in [0.1, 0.15) is 0 Å². The highest BCUT2D eigenvalue weighted by Gasteiger charge is 2.26. The molecule has 0 bridgehead atoms. The molecule has 6 heteroatoms. The van der Waals surface area contributed by atoms with E-state index in [4.69, 9.17) is 5.11 Å². The number of carbonyl (C=O) groups is 1. The number of rotatable bonds is 8. The van der Waals surface area contributed by atoms with Gasteiger partial charge in [0.15, 0.2) is 0 Å². The van der Waals surface area contributed by atoms with Crippen LogP contribution in [-0.2, 0) is 14.8 Å². The molecule has 1 unspecified atom stereocenters. The molecule has 1 atom stereocenters. The van der Waals surface area contributed by atoms with Crippen molar-refractivity contribution in [2.75, 3.05) is 12.3 Å². The number of hydrogen-bond acceptors (Lipinski definition) is 3. The average molecular weight is 277 g/mol. The lowest BCUT2D eigenvalue weighted by Gasteiger charge is -2.25. The first-order valence-electron chi connectivity index (χ1n) is 6.50. The van der Waals surface area contributed by atoms with Crippen molar-refractivity contribution >= 4 is 16.0 Å². The Labute approximate surface area is 109 Å². The van der Waals surface area contributed by atoms with Gasteiger partial charge in [-0.25, -0.2) is 13.1 Å². The second-order valence-corrected chi connectivity index (χ2v) is 7.44. The highest BCUT2D eigenvalue weighted by Crippen LogP contribution is 2.27. The van der Waals surface area contributed by atoms with E-state index in [0.717, 1.165) is 19.3 Å². The highest BCUT2D eigenvalue weighted by molar-refractivity contribution is 7.89. The zero-order valence-corrected chi connectivity index (χ0v) is 11.9. The lowest BCUT2D eigenvalue weighted by Crippen LogP contribution is -2.37. The van der Waals surface area contributed by atoms with Crippen LogP contribution >= 0.6 is 0 Å². The lowest BCUT2D eigenvalue weighted by molar-refractivity contribution is -0.142. The molecule has 0 heterocycles. The zero-order chi connectivity index (χ0) is 13.8. The van der Waals surface area contributed by atoms with Gasteiger partial charge in [-0.2, -0.15) is 0 Å². The summed E-state index contributed by atoms with van der Waals surface area (Å²) in [5.74, 6) is -0.935. The molecule has 1 saturated carbocycles. The maximum atomic E-state index is 11.7. The summed E-state index contributed by atoms with van der Waals surface area (Å²) in [6.45, 7) is 3.86. The molecule has 0 aromatic rings. The molecule has 1 aliphatic carbocycles. The predicted molar refractivity (Wildman–Crippen MR) is 69.7 cm³/mol. The summed E-state index contributed by atoms with van der Waals surface area (Å²) in [6, 6.07) is 0. The molecule has 1 rings (SSSR count). The largest absolute Gasteiger partial charge is 0.481 e. The van der Waals surface area contributed by atoms with E-state index in [0.29, 0.717) is 6.42 Å². The molecule has 1 aliphatic rings. The van der Waals surface area contributed by atoms with Crippen LogP contribution in [0.1, 0.15) is 39.5 Å². The summed E-state index contributed by atoms with van der Waals surface area (Å²) in [5.41, 5.74) is 0. The minimum atomic E-state index is -3.32. The Balaban J connectivity index is 2.42. The number of hydrogen-bond donors (Lipinski definition) is 2. The molecule has 0 amide bonds. The van der Waals surface area contributed by atoms with Gasteiger partial charge >= 0.3 is 5.97 Å². The van der Waals surface area contributed by atoms with Crippen LogP contribution < -0.4 is 4.72 Å². The highest BCUT2D eigenvalue weighted by atomic mass is 32.2. The SMILES string of the molecule is CC(C)CC(CNS(=O)(=O)CC1CCC1)C(=O)O. The Morgan fingerprint density at radius 3 is 2.39 bits per heavy atom. The van der Waals surface area contributed by atoms with Crippen LogP contribution in [0.4, 0.5) is 0 Å². The average Bonchev–Trinajstić information content (AvgIpc) is 2.18. The van der Waals surface area contributed by atoms with Crippen LogP contribution in [0.2, 0.25) is 0 Å². The van der Waals surface area contributed by atoms with Crippen molar-refractivity contribution in [3.05, 3.63) is 0 Å². The minimum Gasteiger partial charge on any atom is -0.481 e. The lowest BCUT2D eigenvalue weighted by atomic mass is 9.87. The Bertz CT molecular complexity index is 374. The van der Waals surface area contributed by atoms with Gasteiger partial charge < -0.3 is 5.11 Å². The number of nitrogens with one attached hydrogen (secondary N) is 1. The van der Waals surface area contributed by atoms with Gasteiger partial charge in [-0.1, -0.05) is 20.3 Å². The maximum Gasteiger partial charge on any atom is 0.307 e. The van der Waals surface area contributed by atoms with E-state index in [1.54, 1.807) is 0 Å². The molecule has 0 saturated heterocycles. The maximum absolute atomic E-state index is 11.7. The molecule has 0 aromatic heterocycles. The minimum absolute atomic E-state index is 0.00255. The Kier molecular flexibility index (Phi) is 5.59. The fourth-order valence-corrected chi connectivity index (χ4v) is 3.62. The summed E-state index contributed by atoms with van der Waals surface area (Å²) in [7, 11) is -3.32. The smallest absolute Gasteiger partial charge is 0.307 e. The summed E-state index contributed by atoms with van der Waals surface area (Å²) in [5, 5.41) is 9.02. The summed E-state index contributed by atoms with van der Waals surface area (Å²) in [4.78, 5) is 11.0. The van der Waals surface area contributed by atoms with Gasteiger partial charge in [-0.05, 0) is 31.1 Å². The second kappa shape index (κ2) is 6.52. The first kappa shape index (κ1) is 15.4.